The summed E-state index contributed by atoms with van der Waals surface area (Å²) in [6.07, 6.45) is 0.733. The van der Waals surface area contributed by atoms with Crippen LogP contribution >= 0.6 is 0 Å². The maximum absolute atomic E-state index is 12.9. The van der Waals surface area contributed by atoms with Gasteiger partial charge in [0.05, 0.1) is 7.11 Å². The van der Waals surface area contributed by atoms with E-state index in [1.807, 2.05) is 0 Å². The number of esters is 1. The van der Waals surface area contributed by atoms with Gasteiger partial charge in [-0.1, -0.05) is 6.07 Å². The van der Waals surface area contributed by atoms with E-state index in [1.54, 1.807) is 0 Å². The standard InChI is InChI=1S/C11H11FO3/c1-15-10(13)11(14)5-4-7-6-8(12)2-3-9(7)11/h2-3,6,14H,4-5H2,1H3. The van der Waals surface area contributed by atoms with Gasteiger partial charge in [-0.3, -0.25) is 0 Å². The van der Waals surface area contributed by atoms with Crippen molar-refractivity contribution in [2.24, 2.45) is 0 Å². The minimum atomic E-state index is -1.60. The Morgan fingerprint density at radius 1 is 1.60 bits per heavy atom. The zero-order chi connectivity index (χ0) is 11.1. The molecule has 1 aliphatic rings. The van der Waals surface area contributed by atoms with E-state index in [9.17, 15) is 14.3 Å². The van der Waals surface area contributed by atoms with E-state index in [2.05, 4.69) is 4.74 Å². The summed E-state index contributed by atoms with van der Waals surface area (Å²) in [6, 6.07) is 4.02. The SMILES string of the molecule is COC(=O)C1(O)CCc2cc(F)ccc21. The number of carbonyl (C=O) groups is 1. The Bertz CT molecular complexity index is 416. The molecular formula is C11H11FO3. The molecule has 80 valence electrons. The second kappa shape index (κ2) is 3.31. The van der Waals surface area contributed by atoms with Crippen LogP contribution in [-0.2, 0) is 21.6 Å². The maximum atomic E-state index is 12.9. The number of carbonyl (C=O) groups excluding carboxylic acids is 1. The fraction of sp³-hybridized carbons (Fsp3) is 0.364. The molecule has 1 N–H and O–H groups in total. The molecule has 4 heteroatoms. The van der Waals surface area contributed by atoms with Crippen LogP contribution in [0.2, 0.25) is 0 Å². The van der Waals surface area contributed by atoms with Gasteiger partial charge in [0.15, 0.2) is 5.60 Å². The zero-order valence-corrected chi connectivity index (χ0v) is 8.29. The Balaban J connectivity index is 2.48. The summed E-state index contributed by atoms with van der Waals surface area (Å²) in [4.78, 5) is 11.4. The number of rotatable bonds is 1. The molecule has 1 aliphatic carbocycles. The second-order valence-corrected chi connectivity index (χ2v) is 3.65. The minimum Gasteiger partial charge on any atom is -0.467 e. The van der Waals surface area contributed by atoms with Gasteiger partial charge in [0.1, 0.15) is 5.82 Å². The van der Waals surface area contributed by atoms with Gasteiger partial charge < -0.3 is 9.84 Å². The number of ether oxygens (including phenoxy) is 1. The third kappa shape index (κ3) is 1.41. The van der Waals surface area contributed by atoms with E-state index in [0.29, 0.717) is 17.5 Å². The molecule has 0 fully saturated rings. The first-order chi connectivity index (χ1) is 7.08. The number of aliphatic hydroxyl groups is 1. The zero-order valence-electron chi connectivity index (χ0n) is 8.29. The van der Waals surface area contributed by atoms with Crippen molar-refractivity contribution < 1.29 is 19.0 Å². The normalized spacial score (nSPS) is 23.7. The molecular weight excluding hydrogens is 199 g/mol. The molecule has 1 unspecified atom stereocenters. The third-order valence-electron chi connectivity index (χ3n) is 2.79. The summed E-state index contributed by atoms with van der Waals surface area (Å²) in [5, 5.41) is 10.1. The lowest BCUT2D eigenvalue weighted by Crippen LogP contribution is -2.34. The van der Waals surface area contributed by atoms with Crippen molar-refractivity contribution in [2.75, 3.05) is 7.11 Å². The molecule has 2 rings (SSSR count). The van der Waals surface area contributed by atoms with Gasteiger partial charge in [-0.25, -0.2) is 9.18 Å². The van der Waals surface area contributed by atoms with Crippen molar-refractivity contribution in [3.05, 3.63) is 35.1 Å². The van der Waals surface area contributed by atoms with Gasteiger partial charge in [0.2, 0.25) is 0 Å². The van der Waals surface area contributed by atoms with Crippen LogP contribution in [0, 0.1) is 5.82 Å². The fourth-order valence-electron chi connectivity index (χ4n) is 2.00. The van der Waals surface area contributed by atoms with Crippen LogP contribution in [0.1, 0.15) is 17.5 Å². The number of benzene rings is 1. The van der Waals surface area contributed by atoms with Crippen molar-refractivity contribution in [3.8, 4) is 0 Å². The van der Waals surface area contributed by atoms with Crippen molar-refractivity contribution in [1.82, 2.24) is 0 Å². The summed E-state index contributed by atoms with van der Waals surface area (Å²) in [5.41, 5.74) is -0.476. The molecule has 0 heterocycles. The van der Waals surface area contributed by atoms with Crippen LogP contribution in [0.4, 0.5) is 4.39 Å². The van der Waals surface area contributed by atoms with E-state index in [4.69, 9.17) is 0 Å². The largest absolute Gasteiger partial charge is 0.467 e. The minimum absolute atomic E-state index is 0.248. The molecule has 0 saturated heterocycles. The van der Waals surface area contributed by atoms with Crippen LogP contribution in [0.5, 0.6) is 0 Å². The lowest BCUT2D eigenvalue weighted by molar-refractivity contribution is -0.163. The molecule has 15 heavy (non-hydrogen) atoms. The molecule has 3 nitrogen and oxygen atoms in total. The molecule has 0 aromatic heterocycles. The van der Waals surface area contributed by atoms with E-state index < -0.39 is 11.6 Å². The highest BCUT2D eigenvalue weighted by atomic mass is 19.1. The first-order valence-electron chi connectivity index (χ1n) is 4.67. The van der Waals surface area contributed by atoms with Crippen LogP contribution in [0.25, 0.3) is 0 Å². The van der Waals surface area contributed by atoms with Gasteiger partial charge in [-0.05, 0) is 36.1 Å². The van der Waals surface area contributed by atoms with Gasteiger partial charge in [0.25, 0.3) is 0 Å². The predicted molar refractivity (Wildman–Crippen MR) is 50.6 cm³/mol. The second-order valence-electron chi connectivity index (χ2n) is 3.65. The van der Waals surface area contributed by atoms with Crippen LogP contribution < -0.4 is 0 Å². The first kappa shape index (κ1) is 10.1. The molecule has 0 amide bonds. The summed E-state index contributed by atoms with van der Waals surface area (Å²) in [5.74, 6) is -1.05. The smallest absolute Gasteiger partial charge is 0.342 e. The van der Waals surface area contributed by atoms with E-state index in [0.717, 1.165) is 0 Å². The van der Waals surface area contributed by atoms with Gasteiger partial charge in [0, 0.05) is 0 Å². The van der Waals surface area contributed by atoms with Crippen LogP contribution in [0.3, 0.4) is 0 Å². The monoisotopic (exact) mass is 210 g/mol. The number of aryl methyl sites for hydroxylation is 1. The molecule has 0 aliphatic heterocycles. The summed E-state index contributed by atoms with van der Waals surface area (Å²) >= 11 is 0. The van der Waals surface area contributed by atoms with Crippen LogP contribution in [-0.4, -0.2) is 18.2 Å². The topological polar surface area (TPSA) is 46.5 Å². The van der Waals surface area contributed by atoms with E-state index in [-0.39, 0.29) is 12.2 Å². The Labute approximate surface area is 86.5 Å². The molecule has 0 spiro atoms. The first-order valence-corrected chi connectivity index (χ1v) is 4.67. The number of hydrogen-bond donors (Lipinski definition) is 1. The maximum Gasteiger partial charge on any atom is 0.342 e. The van der Waals surface area contributed by atoms with Gasteiger partial charge in [-0.15, -0.1) is 0 Å². The average Bonchev–Trinajstić information content (AvgIpc) is 2.56. The highest BCUT2D eigenvalue weighted by molar-refractivity contribution is 5.82. The third-order valence-corrected chi connectivity index (χ3v) is 2.79. The quantitative estimate of drug-likeness (QED) is 0.707. The lowest BCUT2D eigenvalue weighted by atomic mass is 9.96. The van der Waals surface area contributed by atoms with Crippen molar-refractivity contribution >= 4 is 5.97 Å². The van der Waals surface area contributed by atoms with Gasteiger partial charge >= 0.3 is 5.97 Å². The molecule has 0 bridgehead atoms. The summed E-state index contributed by atoms with van der Waals surface area (Å²) in [7, 11) is 1.22. The summed E-state index contributed by atoms with van der Waals surface area (Å²) < 4.78 is 17.4. The van der Waals surface area contributed by atoms with E-state index in [1.165, 1.54) is 25.3 Å². The Morgan fingerprint density at radius 3 is 3.00 bits per heavy atom. The molecule has 1 atom stereocenters. The van der Waals surface area contributed by atoms with Crippen LogP contribution in [0.15, 0.2) is 18.2 Å². The fourth-order valence-corrected chi connectivity index (χ4v) is 2.00. The van der Waals surface area contributed by atoms with Crippen molar-refractivity contribution in [2.45, 2.75) is 18.4 Å². The Hall–Kier alpha value is -1.42. The molecule has 1 aromatic rings. The Morgan fingerprint density at radius 2 is 2.33 bits per heavy atom. The average molecular weight is 210 g/mol. The number of hydrogen-bond acceptors (Lipinski definition) is 3. The molecule has 0 radical (unpaired) electrons. The number of fused-ring (bicyclic) bond motifs is 1. The van der Waals surface area contributed by atoms with Crippen molar-refractivity contribution in [1.29, 1.82) is 0 Å². The highest BCUT2D eigenvalue weighted by Crippen LogP contribution is 2.37. The Kier molecular flexibility index (Phi) is 2.23. The lowest BCUT2D eigenvalue weighted by Gasteiger charge is -2.20. The molecule has 0 saturated carbocycles. The highest BCUT2D eigenvalue weighted by Gasteiger charge is 2.44. The summed E-state index contributed by atoms with van der Waals surface area (Å²) in [6.45, 7) is 0. The predicted octanol–water partition coefficient (Wildman–Crippen LogP) is 1.13. The van der Waals surface area contributed by atoms with E-state index >= 15 is 0 Å². The number of halogens is 1. The number of methoxy groups -OCH3 is 1. The van der Waals surface area contributed by atoms with Gasteiger partial charge in [-0.2, -0.15) is 0 Å². The molecule has 1 aromatic carbocycles. The van der Waals surface area contributed by atoms with Crippen molar-refractivity contribution in [3.63, 3.8) is 0 Å².